The van der Waals surface area contributed by atoms with Gasteiger partial charge in [-0.05, 0) is 60.0 Å². The van der Waals surface area contributed by atoms with Crippen molar-refractivity contribution in [2.24, 2.45) is 0 Å². The highest BCUT2D eigenvalue weighted by atomic mass is 79.9. The third kappa shape index (κ3) is 6.53. The third-order valence-electron chi connectivity index (χ3n) is 4.25. The Hall–Kier alpha value is -2.05. The van der Waals surface area contributed by atoms with E-state index in [1.54, 1.807) is 30.0 Å². The van der Waals surface area contributed by atoms with Gasteiger partial charge in [-0.1, -0.05) is 41.9 Å². The third-order valence-corrected chi connectivity index (χ3v) is 5.10. The number of rotatable bonds is 9. The summed E-state index contributed by atoms with van der Waals surface area (Å²) in [5.41, 5.74) is 1.10. The number of ether oxygens (including phenoxy) is 1. The first-order valence-corrected chi connectivity index (χ1v) is 10.3. The summed E-state index contributed by atoms with van der Waals surface area (Å²) in [5, 5.41) is 3.34. The van der Waals surface area contributed by atoms with Crippen molar-refractivity contribution in [3.05, 3.63) is 63.6 Å². The summed E-state index contributed by atoms with van der Waals surface area (Å²) in [5.74, 6) is 0.0829. The number of hydrogen-bond acceptors (Lipinski definition) is 3. The van der Waals surface area contributed by atoms with E-state index in [0.717, 1.165) is 5.56 Å². The molecule has 2 amide bonds. The molecule has 150 valence electrons. The molecule has 1 unspecified atom stereocenters. The van der Waals surface area contributed by atoms with Gasteiger partial charge in [0, 0.05) is 18.1 Å². The Labute approximate surface area is 179 Å². The van der Waals surface area contributed by atoms with Gasteiger partial charge in [0.25, 0.3) is 5.91 Å². The van der Waals surface area contributed by atoms with Crippen LogP contribution in [0.5, 0.6) is 5.75 Å². The number of nitrogens with zero attached hydrogens (tertiary/aromatic N) is 1. The zero-order valence-corrected chi connectivity index (χ0v) is 18.3. The van der Waals surface area contributed by atoms with Gasteiger partial charge in [0.15, 0.2) is 6.61 Å². The first kappa shape index (κ1) is 22.2. The summed E-state index contributed by atoms with van der Waals surface area (Å²) in [4.78, 5) is 26.7. The SMILES string of the molecule is CCNC(=O)C(C)N(CCc1ccccc1)C(=O)COc1ccc(Cl)cc1Br. The molecule has 0 spiro atoms. The fourth-order valence-corrected chi connectivity index (χ4v) is 3.50. The van der Waals surface area contributed by atoms with Gasteiger partial charge in [-0.15, -0.1) is 0 Å². The van der Waals surface area contributed by atoms with Crippen LogP contribution in [0, 0.1) is 0 Å². The van der Waals surface area contributed by atoms with Crippen molar-refractivity contribution in [2.45, 2.75) is 26.3 Å². The second-order valence-corrected chi connectivity index (χ2v) is 7.55. The number of hydrogen-bond donors (Lipinski definition) is 1. The highest BCUT2D eigenvalue weighted by Crippen LogP contribution is 2.28. The van der Waals surface area contributed by atoms with Crippen LogP contribution >= 0.6 is 27.5 Å². The molecule has 0 aliphatic rings. The van der Waals surface area contributed by atoms with Crippen molar-refractivity contribution in [1.82, 2.24) is 10.2 Å². The second kappa shape index (κ2) is 11.1. The lowest BCUT2D eigenvalue weighted by Gasteiger charge is -2.28. The van der Waals surface area contributed by atoms with Crippen molar-refractivity contribution in [3.8, 4) is 5.75 Å². The molecule has 0 heterocycles. The average Bonchev–Trinajstić information content (AvgIpc) is 2.68. The highest BCUT2D eigenvalue weighted by molar-refractivity contribution is 9.10. The van der Waals surface area contributed by atoms with E-state index in [4.69, 9.17) is 16.3 Å². The van der Waals surface area contributed by atoms with Crippen LogP contribution in [0.25, 0.3) is 0 Å². The number of halogens is 2. The molecule has 2 rings (SSSR count). The van der Waals surface area contributed by atoms with E-state index < -0.39 is 6.04 Å². The predicted octanol–water partition coefficient (Wildman–Crippen LogP) is 4.08. The molecule has 7 heteroatoms. The quantitative estimate of drug-likeness (QED) is 0.605. The van der Waals surface area contributed by atoms with E-state index in [-0.39, 0.29) is 18.4 Å². The van der Waals surface area contributed by atoms with Gasteiger partial charge in [0.05, 0.1) is 4.47 Å². The molecule has 0 saturated heterocycles. The molecule has 0 aliphatic heterocycles. The van der Waals surface area contributed by atoms with Crippen molar-refractivity contribution < 1.29 is 14.3 Å². The molecular weight excluding hydrogens is 444 g/mol. The van der Waals surface area contributed by atoms with E-state index in [2.05, 4.69) is 21.2 Å². The summed E-state index contributed by atoms with van der Waals surface area (Å²) in [6.07, 6.45) is 0.654. The standard InChI is InChI=1S/C21H24BrClN2O3/c1-3-24-21(27)15(2)25(12-11-16-7-5-4-6-8-16)20(26)14-28-19-10-9-17(23)13-18(19)22/h4-10,13,15H,3,11-12,14H2,1-2H3,(H,24,27). The van der Waals surface area contributed by atoms with Gasteiger partial charge < -0.3 is 15.0 Å². The molecule has 2 aromatic rings. The van der Waals surface area contributed by atoms with Gasteiger partial charge in [0.2, 0.25) is 5.91 Å². The second-order valence-electron chi connectivity index (χ2n) is 6.26. The molecule has 0 radical (unpaired) electrons. The summed E-state index contributed by atoms with van der Waals surface area (Å²) in [6, 6.07) is 14.4. The number of likely N-dealkylation sites (N-methyl/N-ethyl adjacent to an activating group) is 1. The number of carbonyl (C=O) groups is 2. The summed E-state index contributed by atoms with van der Waals surface area (Å²) in [7, 11) is 0. The van der Waals surface area contributed by atoms with E-state index in [1.165, 1.54) is 0 Å². The van der Waals surface area contributed by atoms with Crippen LogP contribution in [0.15, 0.2) is 53.0 Å². The summed E-state index contributed by atoms with van der Waals surface area (Å²) >= 11 is 9.30. The Morgan fingerprint density at radius 2 is 1.93 bits per heavy atom. The molecule has 0 saturated carbocycles. The van der Waals surface area contributed by atoms with Crippen molar-refractivity contribution >= 4 is 39.3 Å². The minimum atomic E-state index is -0.589. The molecular formula is C21H24BrClN2O3. The topological polar surface area (TPSA) is 58.6 Å². The Bertz CT molecular complexity index is 801. The Kier molecular flexibility index (Phi) is 8.80. The molecule has 2 aromatic carbocycles. The Morgan fingerprint density at radius 1 is 1.21 bits per heavy atom. The van der Waals surface area contributed by atoms with Crippen LogP contribution in [0.4, 0.5) is 0 Å². The number of nitrogens with one attached hydrogen (secondary N) is 1. The van der Waals surface area contributed by atoms with Crippen molar-refractivity contribution in [2.75, 3.05) is 19.7 Å². The molecule has 0 aliphatic carbocycles. The fourth-order valence-electron chi connectivity index (χ4n) is 2.71. The maximum atomic E-state index is 12.8. The zero-order valence-electron chi connectivity index (χ0n) is 16.0. The van der Waals surface area contributed by atoms with Crippen molar-refractivity contribution in [3.63, 3.8) is 0 Å². The zero-order chi connectivity index (χ0) is 20.5. The lowest BCUT2D eigenvalue weighted by atomic mass is 10.1. The largest absolute Gasteiger partial charge is 0.483 e. The van der Waals surface area contributed by atoms with E-state index >= 15 is 0 Å². The van der Waals surface area contributed by atoms with E-state index in [1.807, 2.05) is 37.3 Å². The molecule has 28 heavy (non-hydrogen) atoms. The van der Waals surface area contributed by atoms with Crippen LogP contribution in [-0.4, -0.2) is 42.5 Å². The maximum Gasteiger partial charge on any atom is 0.261 e. The van der Waals surface area contributed by atoms with Crippen molar-refractivity contribution in [1.29, 1.82) is 0 Å². The maximum absolute atomic E-state index is 12.8. The number of benzene rings is 2. The van der Waals surface area contributed by atoms with E-state index in [0.29, 0.717) is 34.8 Å². The lowest BCUT2D eigenvalue weighted by Crippen LogP contribution is -2.50. The van der Waals surface area contributed by atoms with Gasteiger partial charge >= 0.3 is 0 Å². The van der Waals surface area contributed by atoms with E-state index in [9.17, 15) is 9.59 Å². The Morgan fingerprint density at radius 3 is 2.57 bits per heavy atom. The number of amides is 2. The predicted molar refractivity (Wildman–Crippen MR) is 115 cm³/mol. The van der Waals surface area contributed by atoms with Crippen LogP contribution in [0.3, 0.4) is 0 Å². The molecule has 0 bridgehead atoms. The number of carbonyl (C=O) groups excluding carboxylic acids is 2. The molecule has 5 nitrogen and oxygen atoms in total. The van der Waals surface area contributed by atoms with Gasteiger partial charge in [-0.3, -0.25) is 9.59 Å². The first-order valence-electron chi connectivity index (χ1n) is 9.11. The summed E-state index contributed by atoms with van der Waals surface area (Å²) in [6.45, 7) is 4.34. The average molecular weight is 468 g/mol. The Balaban J connectivity index is 2.07. The minimum Gasteiger partial charge on any atom is -0.483 e. The fraction of sp³-hybridized carbons (Fsp3) is 0.333. The van der Waals surface area contributed by atoms with Crippen LogP contribution in [-0.2, 0) is 16.0 Å². The lowest BCUT2D eigenvalue weighted by molar-refractivity contribution is -0.141. The van der Waals surface area contributed by atoms with Crippen LogP contribution in [0.2, 0.25) is 5.02 Å². The smallest absolute Gasteiger partial charge is 0.261 e. The van der Waals surface area contributed by atoms with Crippen LogP contribution < -0.4 is 10.1 Å². The summed E-state index contributed by atoms with van der Waals surface area (Å²) < 4.78 is 6.32. The van der Waals surface area contributed by atoms with Gasteiger partial charge in [0.1, 0.15) is 11.8 Å². The van der Waals surface area contributed by atoms with Crippen LogP contribution in [0.1, 0.15) is 19.4 Å². The monoisotopic (exact) mass is 466 g/mol. The molecule has 1 N–H and O–H groups in total. The molecule has 1 atom stereocenters. The minimum absolute atomic E-state index is 0.168. The molecule has 0 fully saturated rings. The van der Waals surface area contributed by atoms with Gasteiger partial charge in [-0.2, -0.15) is 0 Å². The normalized spacial score (nSPS) is 11.6. The first-order chi connectivity index (χ1) is 13.4. The highest BCUT2D eigenvalue weighted by Gasteiger charge is 2.25. The molecule has 0 aromatic heterocycles. The van der Waals surface area contributed by atoms with Gasteiger partial charge in [-0.25, -0.2) is 0 Å².